The Balaban J connectivity index is 0.00000405. The molecule has 1 aliphatic rings. The number of aromatic nitrogens is 3. The first-order valence-corrected chi connectivity index (χ1v) is 15.0. The normalized spacial score (nSPS) is 14.3. The van der Waals surface area contributed by atoms with Gasteiger partial charge in [0.25, 0.3) is 15.9 Å². The van der Waals surface area contributed by atoms with Crippen LogP contribution in [0.2, 0.25) is 0 Å². The van der Waals surface area contributed by atoms with Gasteiger partial charge < -0.3 is 9.64 Å². The molecular formula is C30H34FN5O4S. The van der Waals surface area contributed by atoms with Crippen LogP contribution in [0.25, 0.3) is 11.3 Å². The van der Waals surface area contributed by atoms with Crippen LogP contribution in [-0.2, 0) is 10.0 Å². The summed E-state index contributed by atoms with van der Waals surface area (Å²) in [4.78, 5) is 20.1. The Hall–Kier alpha value is -4.25. The molecule has 11 heteroatoms. The highest BCUT2D eigenvalue weighted by molar-refractivity contribution is 7.90. The standard InChI is InChI=1S/C30H32FN5O4S.H2/c1-20(2)19-40-25-17-23(16-24(31)18-25)27-9-8-26(30(37)35-41(38,39)28-10-13-32-34-28)29(33-27)36-14-11-22(12-15-36)21-6-4-3-5-7-21;/h3-10,13,16-18,20,22H,11-12,14-15,19H2,1-2H3,(H,32,34)(H,35,37);1H. The number of H-pyrrole nitrogens is 1. The summed E-state index contributed by atoms with van der Waals surface area (Å²) in [6, 6.07) is 19.0. The largest absolute Gasteiger partial charge is 0.493 e. The fourth-order valence-corrected chi connectivity index (χ4v) is 5.74. The maximum absolute atomic E-state index is 14.6. The van der Waals surface area contributed by atoms with Crippen molar-refractivity contribution < 1.29 is 23.8 Å². The molecule has 4 aromatic rings. The van der Waals surface area contributed by atoms with Gasteiger partial charge in [-0.25, -0.2) is 14.1 Å². The molecule has 2 N–H and O–H groups in total. The summed E-state index contributed by atoms with van der Waals surface area (Å²) in [7, 11) is -4.17. The number of rotatable bonds is 9. The number of sulfonamides is 1. The quantitative estimate of drug-likeness (QED) is 0.273. The third kappa shape index (κ3) is 6.74. The van der Waals surface area contributed by atoms with Gasteiger partial charge >= 0.3 is 0 Å². The number of hydrogen-bond acceptors (Lipinski definition) is 7. The predicted octanol–water partition coefficient (Wildman–Crippen LogP) is 5.39. The molecule has 1 saturated heterocycles. The fraction of sp³-hybridized carbons (Fsp3) is 0.300. The van der Waals surface area contributed by atoms with Gasteiger partial charge in [-0.2, -0.15) is 13.5 Å². The monoisotopic (exact) mass is 579 g/mol. The van der Waals surface area contributed by atoms with Crippen LogP contribution < -0.4 is 14.4 Å². The Morgan fingerprint density at radius 1 is 1.12 bits per heavy atom. The molecule has 0 saturated carbocycles. The highest BCUT2D eigenvalue weighted by Crippen LogP contribution is 2.33. The van der Waals surface area contributed by atoms with Gasteiger partial charge in [0.05, 0.1) is 24.1 Å². The van der Waals surface area contributed by atoms with E-state index in [1.54, 1.807) is 12.1 Å². The van der Waals surface area contributed by atoms with Crippen molar-refractivity contribution in [3.8, 4) is 17.0 Å². The summed E-state index contributed by atoms with van der Waals surface area (Å²) in [5.41, 5.74) is 2.28. The summed E-state index contributed by atoms with van der Waals surface area (Å²) >= 11 is 0. The van der Waals surface area contributed by atoms with Crippen molar-refractivity contribution in [3.63, 3.8) is 0 Å². The Labute approximate surface area is 240 Å². The van der Waals surface area contributed by atoms with Crippen LogP contribution in [0, 0.1) is 11.7 Å². The molecule has 1 amide bonds. The molecule has 1 fully saturated rings. The molecule has 0 spiro atoms. The second-order valence-corrected chi connectivity index (χ2v) is 12.1. The number of carbonyl (C=O) groups is 1. The number of nitrogens with zero attached hydrogens (tertiary/aromatic N) is 3. The van der Waals surface area contributed by atoms with Gasteiger partial charge in [0, 0.05) is 26.1 Å². The van der Waals surface area contributed by atoms with Crippen molar-refractivity contribution in [1.29, 1.82) is 0 Å². The van der Waals surface area contributed by atoms with Gasteiger partial charge in [-0.15, -0.1) is 0 Å². The number of anilines is 1. The molecule has 41 heavy (non-hydrogen) atoms. The number of pyridine rings is 1. The van der Waals surface area contributed by atoms with Crippen molar-refractivity contribution in [2.75, 3.05) is 24.6 Å². The number of ether oxygens (including phenoxy) is 1. The van der Waals surface area contributed by atoms with E-state index in [-0.39, 0.29) is 17.9 Å². The third-order valence-corrected chi connectivity index (χ3v) is 8.19. The van der Waals surface area contributed by atoms with E-state index in [4.69, 9.17) is 9.72 Å². The average molecular weight is 580 g/mol. The van der Waals surface area contributed by atoms with Gasteiger partial charge in [0.1, 0.15) is 17.4 Å². The Morgan fingerprint density at radius 2 is 1.88 bits per heavy atom. The van der Waals surface area contributed by atoms with E-state index in [9.17, 15) is 17.6 Å². The first-order chi connectivity index (χ1) is 19.7. The minimum absolute atomic E-state index is 0. The molecule has 3 heterocycles. The summed E-state index contributed by atoms with van der Waals surface area (Å²) in [6.07, 6.45) is 2.95. The lowest BCUT2D eigenvalue weighted by atomic mass is 9.89. The third-order valence-electron chi connectivity index (χ3n) is 6.93. The van der Waals surface area contributed by atoms with Crippen LogP contribution >= 0.6 is 0 Å². The number of benzene rings is 2. The van der Waals surface area contributed by atoms with Crippen molar-refractivity contribution in [1.82, 2.24) is 19.9 Å². The Morgan fingerprint density at radius 3 is 2.56 bits per heavy atom. The summed E-state index contributed by atoms with van der Waals surface area (Å²) in [6.45, 7) is 5.66. The van der Waals surface area contributed by atoms with E-state index in [1.165, 1.54) is 36.0 Å². The second-order valence-electron chi connectivity index (χ2n) is 10.5. The van der Waals surface area contributed by atoms with E-state index in [0.29, 0.717) is 48.4 Å². The van der Waals surface area contributed by atoms with Crippen LogP contribution in [0.1, 0.15) is 50.0 Å². The van der Waals surface area contributed by atoms with Crippen molar-refractivity contribution in [3.05, 3.63) is 89.9 Å². The van der Waals surface area contributed by atoms with Gasteiger partial charge in [-0.1, -0.05) is 44.2 Å². The van der Waals surface area contributed by atoms with Gasteiger partial charge in [-0.05, 0) is 60.6 Å². The zero-order chi connectivity index (χ0) is 29.0. The molecule has 216 valence electrons. The molecule has 9 nitrogen and oxygen atoms in total. The van der Waals surface area contributed by atoms with Crippen LogP contribution in [-0.4, -0.2) is 49.2 Å². The van der Waals surface area contributed by atoms with E-state index >= 15 is 0 Å². The van der Waals surface area contributed by atoms with Crippen molar-refractivity contribution >= 4 is 21.7 Å². The molecule has 2 aromatic heterocycles. The van der Waals surface area contributed by atoms with Gasteiger partial charge in [0.15, 0.2) is 5.03 Å². The number of aromatic amines is 1. The van der Waals surface area contributed by atoms with Gasteiger partial charge in [-0.3, -0.25) is 9.89 Å². The number of hydrogen-bond donors (Lipinski definition) is 2. The number of carbonyl (C=O) groups excluding carboxylic acids is 1. The first-order valence-electron chi connectivity index (χ1n) is 13.5. The number of piperidine rings is 1. The van der Waals surface area contributed by atoms with Crippen LogP contribution in [0.4, 0.5) is 10.2 Å². The average Bonchev–Trinajstić information content (AvgIpc) is 3.52. The predicted molar refractivity (Wildman–Crippen MR) is 156 cm³/mol. The zero-order valence-corrected chi connectivity index (χ0v) is 23.7. The molecule has 0 aliphatic carbocycles. The van der Waals surface area contributed by atoms with Gasteiger partial charge in [0.2, 0.25) is 0 Å². The topological polar surface area (TPSA) is 117 Å². The second kappa shape index (κ2) is 12.1. The van der Waals surface area contributed by atoms with Crippen molar-refractivity contribution in [2.45, 2.75) is 37.6 Å². The lowest BCUT2D eigenvalue weighted by Crippen LogP contribution is -2.37. The van der Waals surface area contributed by atoms with E-state index < -0.39 is 21.7 Å². The molecule has 0 atom stereocenters. The first kappa shape index (κ1) is 28.3. The molecule has 2 aromatic carbocycles. The Bertz CT molecular complexity index is 1610. The minimum Gasteiger partial charge on any atom is -0.493 e. The van der Waals surface area contributed by atoms with Crippen molar-refractivity contribution in [2.24, 2.45) is 5.92 Å². The van der Waals surface area contributed by atoms with Crippen LogP contribution in [0.5, 0.6) is 5.75 Å². The maximum atomic E-state index is 14.6. The summed E-state index contributed by atoms with van der Waals surface area (Å²) in [5, 5.41) is 5.79. The lowest BCUT2D eigenvalue weighted by molar-refractivity contribution is 0.0981. The summed E-state index contributed by atoms with van der Waals surface area (Å²) in [5.74, 6) is 0.0480. The SMILES string of the molecule is CC(C)COc1cc(F)cc(-c2ccc(C(=O)NS(=O)(=O)c3ccn[nH]3)c(N3CCC(c4ccccc4)CC3)n2)c1.[HH]. The number of nitrogens with one attached hydrogen (secondary N) is 2. The molecule has 5 rings (SSSR count). The molecule has 0 unspecified atom stereocenters. The number of halogens is 1. The highest BCUT2D eigenvalue weighted by Gasteiger charge is 2.28. The Kier molecular flexibility index (Phi) is 8.34. The zero-order valence-electron chi connectivity index (χ0n) is 22.9. The van der Waals surface area contributed by atoms with Crippen LogP contribution in [0.3, 0.4) is 0 Å². The van der Waals surface area contributed by atoms with E-state index in [2.05, 4.69) is 27.1 Å². The highest BCUT2D eigenvalue weighted by atomic mass is 32.2. The molecule has 0 bridgehead atoms. The fourth-order valence-electron chi connectivity index (χ4n) is 4.86. The number of amides is 1. The molecular weight excluding hydrogens is 545 g/mol. The lowest BCUT2D eigenvalue weighted by Gasteiger charge is -2.34. The minimum atomic E-state index is -4.17. The molecule has 0 radical (unpaired) electrons. The van der Waals surface area contributed by atoms with E-state index in [1.807, 2.05) is 36.9 Å². The smallest absolute Gasteiger partial charge is 0.281 e. The van der Waals surface area contributed by atoms with Crippen LogP contribution in [0.15, 0.2) is 78.0 Å². The molecule has 1 aliphatic heterocycles. The van der Waals surface area contributed by atoms with E-state index in [0.717, 1.165) is 12.8 Å². The maximum Gasteiger partial charge on any atom is 0.281 e. The summed E-state index contributed by atoms with van der Waals surface area (Å²) < 4.78 is 47.9.